The van der Waals surface area contributed by atoms with E-state index in [0.717, 1.165) is 31.3 Å². The minimum atomic E-state index is 0.0865. The van der Waals surface area contributed by atoms with Crippen molar-refractivity contribution in [2.75, 3.05) is 38.0 Å². The first kappa shape index (κ1) is 20.6. The predicted molar refractivity (Wildman–Crippen MR) is 116 cm³/mol. The van der Waals surface area contributed by atoms with Gasteiger partial charge in [-0.2, -0.15) is 0 Å². The third kappa shape index (κ3) is 5.47. The lowest BCUT2D eigenvalue weighted by molar-refractivity contribution is -0.116. The number of nitrogens with zero attached hydrogens (tertiary/aromatic N) is 2. The summed E-state index contributed by atoms with van der Waals surface area (Å²) in [5.41, 5.74) is 2.13. The summed E-state index contributed by atoms with van der Waals surface area (Å²) in [5.74, 6) is 1.73. The molecule has 6 heteroatoms. The molecule has 1 aromatic carbocycles. The summed E-state index contributed by atoms with van der Waals surface area (Å²) in [5, 5.41) is 9.79. The first-order chi connectivity index (χ1) is 13.6. The summed E-state index contributed by atoms with van der Waals surface area (Å²) < 4.78 is 0. The molecule has 2 aliphatic heterocycles. The summed E-state index contributed by atoms with van der Waals surface area (Å²) in [7, 11) is 0. The summed E-state index contributed by atoms with van der Waals surface area (Å²) in [6.07, 6.45) is 3.02. The topological polar surface area (TPSA) is 68.8 Å². The van der Waals surface area contributed by atoms with E-state index in [1.54, 1.807) is 0 Å². The molecule has 2 unspecified atom stereocenters. The molecule has 2 heterocycles. The lowest BCUT2D eigenvalue weighted by atomic mass is 9.90. The number of carbonyl (C=O) groups excluding carboxylic acids is 1. The number of carbonyl (C=O) groups is 1. The van der Waals surface area contributed by atoms with Crippen LogP contribution in [0.5, 0.6) is 0 Å². The van der Waals surface area contributed by atoms with Crippen molar-refractivity contribution in [1.29, 1.82) is 0 Å². The molecular formula is C22H35N5O. The van der Waals surface area contributed by atoms with Crippen molar-refractivity contribution in [3.8, 4) is 0 Å². The van der Waals surface area contributed by atoms with E-state index in [1.165, 1.54) is 24.9 Å². The van der Waals surface area contributed by atoms with E-state index >= 15 is 0 Å². The number of amides is 1. The number of rotatable bonds is 6. The molecule has 1 aromatic rings. The van der Waals surface area contributed by atoms with Gasteiger partial charge in [-0.1, -0.05) is 18.2 Å². The molecule has 1 saturated heterocycles. The number of likely N-dealkylation sites (tertiary alicyclic amines) is 1. The summed E-state index contributed by atoms with van der Waals surface area (Å²) in [4.78, 5) is 19.4. The first-order valence-electron chi connectivity index (χ1n) is 10.7. The molecule has 0 radical (unpaired) electrons. The summed E-state index contributed by atoms with van der Waals surface area (Å²) >= 11 is 0. The molecule has 6 nitrogen and oxygen atoms in total. The maximum Gasteiger partial charge on any atom is 0.225 e. The fraction of sp³-hybridized carbons (Fsp3) is 0.636. The van der Waals surface area contributed by atoms with Crippen LogP contribution in [0.25, 0.3) is 0 Å². The van der Waals surface area contributed by atoms with Crippen molar-refractivity contribution in [3.63, 3.8) is 0 Å². The molecule has 0 spiro atoms. The van der Waals surface area contributed by atoms with Crippen LogP contribution in [0.3, 0.4) is 0 Å². The van der Waals surface area contributed by atoms with Crippen LogP contribution in [0.1, 0.15) is 51.5 Å². The number of hydrogen-bond acceptors (Lipinski definition) is 3. The van der Waals surface area contributed by atoms with Gasteiger partial charge in [0.1, 0.15) is 0 Å². The monoisotopic (exact) mass is 385 g/mol. The Kier molecular flexibility index (Phi) is 7.31. The number of guanidine groups is 1. The van der Waals surface area contributed by atoms with Crippen molar-refractivity contribution >= 4 is 17.6 Å². The molecule has 28 heavy (non-hydrogen) atoms. The van der Waals surface area contributed by atoms with Crippen LogP contribution in [0.4, 0.5) is 5.69 Å². The van der Waals surface area contributed by atoms with Crippen LogP contribution in [-0.2, 0) is 4.79 Å². The fourth-order valence-corrected chi connectivity index (χ4v) is 4.18. The number of hydrogen-bond donors (Lipinski definition) is 3. The highest BCUT2D eigenvalue weighted by Gasteiger charge is 2.25. The van der Waals surface area contributed by atoms with E-state index in [2.05, 4.69) is 47.7 Å². The first-order valence-corrected chi connectivity index (χ1v) is 10.7. The largest absolute Gasteiger partial charge is 0.357 e. The van der Waals surface area contributed by atoms with E-state index in [0.29, 0.717) is 24.9 Å². The predicted octanol–water partition coefficient (Wildman–Crippen LogP) is 2.79. The minimum absolute atomic E-state index is 0.0865. The second-order valence-electron chi connectivity index (χ2n) is 8.23. The Labute approximate surface area is 169 Å². The lowest BCUT2D eigenvalue weighted by Gasteiger charge is -2.35. The van der Waals surface area contributed by atoms with Gasteiger partial charge in [0.05, 0.1) is 0 Å². The standard InChI is InChI=1S/C22H35N5O/c1-4-23-22(24-13-17-8-7-11-27(15-17)16(2)3)25-14-18-12-21(28)26-20-10-6-5-9-19(18)20/h5-6,9-10,16-18H,4,7-8,11-15H2,1-3H3,(H,26,28)(H2,23,24,25). The number of fused-ring (bicyclic) bond motifs is 1. The molecule has 0 aliphatic carbocycles. The molecule has 154 valence electrons. The normalized spacial score (nSPS) is 23.3. The minimum Gasteiger partial charge on any atom is -0.357 e. The Morgan fingerprint density at radius 2 is 2.14 bits per heavy atom. The second-order valence-corrected chi connectivity index (χ2v) is 8.23. The van der Waals surface area contributed by atoms with Gasteiger partial charge in [-0.3, -0.25) is 9.79 Å². The molecule has 1 amide bonds. The van der Waals surface area contributed by atoms with Gasteiger partial charge in [0.15, 0.2) is 5.96 Å². The van der Waals surface area contributed by atoms with Crippen LogP contribution in [0, 0.1) is 5.92 Å². The molecule has 2 aliphatic rings. The molecule has 1 fully saturated rings. The fourth-order valence-electron chi connectivity index (χ4n) is 4.18. The zero-order valence-corrected chi connectivity index (χ0v) is 17.5. The number of aliphatic imine (C=N–C) groups is 1. The lowest BCUT2D eigenvalue weighted by Crippen LogP contribution is -2.43. The Hall–Kier alpha value is -2.08. The number of para-hydroxylation sites is 1. The van der Waals surface area contributed by atoms with E-state index in [-0.39, 0.29) is 11.8 Å². The smallest absolute Gasteiger partial charge is 0.225 e. The van der Waals surface area contributed by atoms with Gasteiger partial charge < -0.3 is 20.9 Å². The number of piperidine rings is 1. The van der Waals surface area contributed by atoms with Gasteiger partial charge in [0.25, 0.3) is 0 Å². The number of anilines is 1. The van der Waals surface area contributed by atoms with E-state index in [1.807, 2.05) is 18.2 Å². The van der Waals surface area contributed by atoms with Gasteiger partial charge in [0.2, 0.25) is 5.91 Å². The quantitative estimate of drug-likeness (QED) is 0.520. The average molecular weight is 386 g/mol. The van der Waals surface area contributed by atoms with Gasteiger partial charge >= 0.3 is 0 Å². The van der Waals surface area contributed by atoms with Crippen LogP contribution in [0.2, 0.25) is 0 Å². The van der Waals surface area contributed by atoms with Crippen molar-refractivity contribution in [1.82, 2.24) is 15.5 Å². The molecular weight excluding hydrogens is 350 g/mol. The Bertz CT molecular complexity index is 687. The second kappa shape index (κ2) is 9.92. The van der Waals surface area contributed by atoms with Crippen molar-refractivity contribution in [2.24, 2.45) is 10.9 Å². The zero-order valence-electron chi connectivity index (χ0n) is 17.5. The summed E-state index contributed by atoms with van der Waals surface area (Å²) in [6, 6.07) is 8.68. The third-order valence-electron chi connectivity index (χ3n) is 5.75. The summed E-state index contributed by atoms with van der Waals surface area (Å²) in [6.45, 7) is 11.4. The van der Waals surface area contributed by atoms with Crippen molar-refractivity contribution in [3.05, 3.63) is 29.8 Å². The van der Waals surface area contributed by atoms with Gasteiger partial charge in [0, 0.05) is 50.2 Å². The van der Waals surface area contributed by atoms with E-state index in [4.69, 9.17) is 4.99 Å². The van der Waals surface area contributed by atoms with Crippen LogP contribution >= 0.6 is 0 Å². The highest BCUT2D eigenvalue weighted by molar-refractivity contribution is 5.94. The number of nitrogens with one attached hydrogen (secondary N) is 3. The van der Waals surface area contributed by atoms with Crippen LogP contribution in [0.15, 0.2) is 29.3 Å². The van der Waals surface area contributed by atoms with Crippen LogP contribution in [-0.4, -0.2) is 55.5 Å². The highest BCUT2D eigenvalue weighted by Crippen LogP contribution is 2.31. The Morgan fingerprint density at radius 3 is 2.93 bits per heavy atom. The highest BCUT2D eigenvalue weighted by atomic mass is 16.1. The Balaban J connectivity index is 1.59. The third-order valence-corrected chi connectivity index (χ3v) is 5.75. The zero-order chi connectivity index (χ0) is 19.9. The average Bonchev–Trinajstić information content (AvgIpc) is 2.70. The van der Waals surface area contributed by atoms with Crippen LogP contribution < -0.4 is 16.0 Å². The maximum absolute atomic E-state index is 12.0. The molecule has 3 rings (SSSR count). The molecule has 0 saturated carbocycles. The van der Waals surface area contributed by atoms with E-state index in [9.17, 15) is 4.79 Å². The number of benzene rings is 1. The molecule has 2 atom stereocenters. The van der Waals surface area contributed by atoms with Gasteiger partial charge in [-0.05, 0) is 57.7 Å². The molecule has 0 aromatic heterocycles. The van der Waals surface area contributed by atoms with Gasteiger partial charge in [-0.15, -0.1) is 0 Å². The maximum atomic E-state index is 12.0. The molecule has 0 bridgehead atoms. The SMILES string of the molecule is CCNC(=NCC1CCCN(C(C)C)C1)NCC1CC(=O)Nc2ccccc21. The van der Waals surface area contributed by atoms with Gasteiger partial charge in [-0.25, -0.2) is 0 Å². The van der Waals surface area contributed by atoms with E-state index < -0.39 is 0 Å². The Morgan fingerprint density at radius 1 is 1.32 bits per heavy atom. The molecule has 3 N–H and O–H groups in total. The van der Waals surface area contributed by atoms with Crippen molar-refractivity contribution in [2.45, 2.75) is 52.0 Å². The van der Waals surface area contributed by atoms with Crippen molar-refractivity contribution < 1.29 is 4.79 Å².